The third kappa shape index (κ3) is 7.24. The number of hydrogen-bond donors (Lipinski definition) is 2. The molecule has 0 unspecified atom stereocenters. The van der Waals surface area contributed by atoms with E-state index in [0.717, 1.165) is 12.0 Å². The van der Waals surface area contributed by atoms with Crippen molar-refractivity contribution in [1.82, 2.24) is 4.72 Å². The highest BCUT2D eigenvalue weighted by atomic mass is 35.5. The Labute approximate surface area is 224 Å². The first kappa shape index (κ1) is 28.9. The van der Waals surface area contributed by atoms with E-state index in [-0.39, 0.29) is 28.6 Å². The maximum atomic E-state index is 13.7. The van der Waals surface area contributed by atoms with Gasteiger partial charge in [-0.25, -0.2) is 13.1 Å². The maximum absolute atomic E-state index is 13.7. The van der Waals surface area contributed by atoms with Gasteiger partial charge in [-0.15, -0.1) is 11.6 Å². The average Bonchev–Trinajstić information content (AvgIpc) is 2.89. The van der Waals surface area contributed by atoms with Crippen molar-refractivity contribution in [2.45, 2.75) is 51.5 Å². The number of rotatable bonds is 10. The molecule has 202 valence electrons. The van der Waals surface area contributed by atoms with E-state index in [2.05, 4.69) is 10.0 Å². The molecular formula is C27H36ClN3O5S. The summed E-state index contributed by atoms with van der Waals surface area (Å²) in [4.78, 5) is 27.1. The molecule has 1 amide bonds. The molecular weight excluding hydrogens is 514 g/mol. The quantitative estimate of drug-likeness (QED) is 0.328. The van der Waals surface area contributed by atoms with E-state index in [0.29, 0.717) is 37.5 Å². The topological polar surface area (TPSA) is 105 Å². The Kier molecular flexibility index (Phi) is 9.61. The Hall–Kier alpha value is -2.62. The maximum Gasteiger partial charge on any atom is 0.310 e. The molecule has 1 aliphatic rings. The minimum absolute atomic E-state index is 0.0290. The van der Waals surface area contributed by atoms with Gasteiger partial charge in [-0.3, -0.25) is 9.59 Å². The van der Waals surface area contributed by atoms with Crippen LogP contribution < -0.4 is 14.9 Å². The standard InChI is InChI=1S/C27H36ClN3O5S/c1-5-36-25(32)21-12-9-15-31(17-21)23-14-13-22(29-26(33)27(3,4)18-28)16-24(23)37(34,35)30-19(2)20-10-7-6-8-11-20/h6-8,10-11,13-14,16,19,21,30H,5,9,12,15,17-18H2,1-4H3,(H,29,33)/t19-,21+/m0/s1. The molecule has 2 atom stereocenters. The molecule has 37 heavy (non-hydrogen) atoms. The number of piperidine rings is 1. The summed E-state index contributed by atoms with van der Waals surface area (Å²) in [5.74, 6) is -0.824. The van der Waals surface area contributed by atoms with Crippen LogP contribution >= 0.6 is 11.6 Å². The van der Waals surface area contributed by atoms with E-state index >= 15 is 0 Å². The third-order valence-corrected chi connectivity index (χ3v) is 8.71. The van der Waals surface area contributed by atoms with Gasteiger partial charge in [-0.1, -0.05) is 30.3 Å². The van der Waals surface area contributed by atoms with Crippen LogP contribution in [0.15, 0.2) is 53.4 Å². The van der Waals surface area contributed by atoms with Crippen molar-refractivity contribution in [3.8, 4) is 0 Å². The summed E-state index contributed by atoms with van der Waals surface area (Å²) in [6.45, 7) is 8.21. The van der Waals surface area contributed by atoms with Crippen LogP contribution in [0.25, 0.3) is 0 Å². The minimum Gasteiger partial charge on any atom is -0.466 e. The molecule has 0 spiro atoms. The molecule has 1 saturated heterocycles. The molecule has 1 fully saturated rings. The molecule has 2 N–H and O–H groups in total. The van der Waals surface area contributed by atoms with Crippen molar-refractivity contribution >= 4 is 44.9 Å². The predicted molar refractivity (Wildman–Crippen MR) is 146 cm³/mol. The molecule has 2 aromatic rings. The smallest absolute Gasteiger partial charge is 0.310 e. The Balaban J connectivity index is 1.99. The summed E-state index contributed by atoms with van der Waals surface area (Å²) in [6, 6.07) is 13.6. The molecule has 1 heterocycles. The number of alkyl halides is 1. The van der Waals surface area contributed by atoms with Gasteiger partial charge in [-0.05, 0) is 64.3 Å². The van der Waals surface area contributed by atoms with Gasteiger partial charge >= 0.3 is 5.97 Å². The summed E-state index contributed by atoms with van der Waals surface area (Å²) in [6.07, 6.45) is 1.40. The molecule has 0 bridgehead atoms. The fraction of sp³-hybridized carbons (Fsp3) is 0.481. The zero-order valence-corrected chi connectivity index (χ0v) is 23.4. The van der Waals surface area contributed by atoms with Gasteiger partial charge in [-0.2, -0.15) is 0 Å². The Morgan fingerprint density at radius 2 is 1.89 bits per heavy atom. The van der Waals surface area contributed by atoms with Crippen molar-refractivity contribution in [2.75, 3.05) is 35.8 Å². The van der Waals surface area contributed by atoms with Crippen LogP contribution in [-0.4, -0.2) is 45.9 Å². The van der Waals surface area contributed by atoms with Crippen molar-refractivity contribution in [3.63, 3.8) is 0 Å². The highest BCUT2D eigenvalue weighted by Crippen LogP contribution is 2.33. The van der Waals surface area contributed by atoms with E-state index in [4.69, 9.17) is 16.3 Å². The second-order valence-corrected chi connectivity index (χ2v) is 11.9. The molecule has 3 rings (SSSR count). The summed E-state index contributed by atoms with van der Waals surface area (Å²) >= 11 is 5.95. The number of nitrogens with zero attached hydrogens (tertiary/aromatic N) is 1. The first-order valence-electron chi connectivity index (χ1n) is 12.5. The number of hydrogen-bond acceptors (Lipinski definition) is 6. The molecule has 8 nitrogen and oxygen atoms in total. The number of esters is 1. The van der Waals surface area contributed by atoms with Crippen LogP contribution in [0.4, 0.5) is 11.4 Å². The van der Waals surface area contributed by atoms with Crippen LogP contribution in [0.2, 0.25) is 0 Å². The molecule has 1 aliphatic heterocycles. The zero-order valence-electron chi connectivity index (χ0n) is 21.8. The highest BCUT2D eigenvalue weighted by molar-refractivity contribution is 7.89. The summed E-state index contributed by atoms with van der Waals surface area (Å²) in [5, 5.41) is 2.80. The number of nitrogens with one attached hydrogen (secondary N) is 2. The Bertz CT molecular complexity index is 1200. The van der Waals surface area contributed by atoms with E-state index in [1.165, 1.54) is 6.07 Å². The summed E-state index contributed by atoms with van der Waals surface area (Å²) in [7, 11) is -4.02. The number of anilines is 2. The van der Waals surface area contributed by atoms with Crippen LogP contribution in [-0.2, 0) is 24.3 Å². The largest absolute Gasteiger partial charge is 0.466 e. The first-order chi connectivity index (χ1) is 17.5. The molecule has 0 aromatic heterocycles. The van der Waals surface area contributed by atoms with Gasteiger partial charge in [0.15, 0.2) is 0 Å². The number of benzene rings is 2. The van der Waals surface area contributed by atoms with Crippen molar-refractivity contribution in [3.05, 3.63) is 54.1 Å². The fourth-order valence-electron chi connectivity index (χ4n) is 4.18. The number of halogens is 1. The average molecular weight is 550 g/mol. The molecule has 0 saturated carbocycles. The lowest BCUT2D eigenvalue weighted by Crippen LogP contribution is -2.40. The second-order valence-electron chi connectivity index (χ2n) is 9.95. The first-order valence-corrected chi connectivity index (χ1v) is 14.5. The van der Waals surface area contributed by atoms with Crippen LogP contribution in [0.3, 0.4) is 0 Å². The number of carbonyl (C=O) groups excluding carboxylic acids is 2. The van der Waals surface area contributed by atoms with Gasteiger partial charge in [0, 0.05) is 30.7 Å². The van der Waals surface area contributed by atoms with Gasteiger partial charge in [0.2, 0.25) is 15.9 Å². The van der Waals surface area contributed by atoms with Crippen LogP contribution in [0.5, 0.6) is 0 Å². The predicted octanol–water partition coefficient (Wildman–Crippen LogP) is 4.71. The van der Waals surface area contributed by atoms with E-state index in [1.54, 1.807) is 39.8 Å². The van der Waals surface area contributed by atoms with E-state index in [9.17, 15) is 18.0 Å². The van der Waals surface area contributed by atoms with Crippen molar-refractivity contribution < 1.29 is 22.7 Å². The van der Waals surface area contributed by atoms with Gasteiger partial charge in [0.25, 0.3) is 0 Å². The van der Waals surface area contributed by atoms with Crippen molar-refractivity contribution in [2.24, 2.45) is 11.3 Å². The summed E-state index contributed by atoms with van der Waals surface area (Å²) < 4.78 is 35.4. The highest BCUT2D eigenvalue weighted by Gasteiger charge is 2.32. The molecule has 0 aliphatic carbocycles. The van der Waals surface area contributed by atoms with E-state index < -0.39 is 21.5 Å². The lowest BCUT2D eigenvalue weighted by atomic mass is 9.95. The third-order valence-electron chi connectivity index (χ3n) is 6.47. The van der Waals surface area contributed by atoms with E-state index in [1.807, 2.05) is 35.2 Å². The van der Waals surface area contributed by atoms with Gasteiger partial charge < -0.3 is 15.0 Å². The number of ether oxygens (including phenoxy) is 1. The van der Waals surface area contributed by atoms with Gasteiger partial charge in [0.1, 0.15) is 4.90 Å². The monoisotopic (exact) mass is 549 g/mol. The Morgan fingerprint density at radius 3 is 2.54 bits per heavy atom. The normalized spacial score (nSPS) is 17.2. The second kappa shape index (κ2) is 12.3. The van der Waals surface area contributed by atoms with Crippen LogP contribution in [0.1, 0.15) is 52.1 Å². The molecule has 10 heteroatoms. The Morgan fingerprint density at radius 1 is 1.19 bits per heavy atom. The van der Waals surface area contributed by atoms with Crippen molar-refractivity contribution in [1.29, 1.82) is 0 Å². The zero-order chi connectivity index (χ0) is 27.2. The SMILES string of the molecule is CCOC(=O)[C@@H]1CCCN(c2ccc(NC(=O)C(C)(C)CCl)cc2S(=O)(=O)N[C@@H](C)c2ccccc2)C1. The summed E-state index contributed by atoms with van der Waals surface area (Å²) in [5.41, 5.74) is 0.801. The number of carbonyl (C=O) groups is 2. The lowest BCUT2D eigenvalue weighted by Gasteiger charge is -2.34. The number of amides is 1. The van der Waals surface area contributed by atoms with Gasteiger partial charge in [0.05, 0.1) is 23.6 Å². The lowest BCUT2D eigenvalue weighted by molar-refractivity contribution is -0.148. The minimum atomic E-state index is -4.02. The fourth-order valence-corrected chi connectivity index (χ4v) is 5.79. The molecule has 0 radical (unpaired) electrons. The van der Waals surface area contributed by atoms with Crippen LogP contribution in [0, 0.1) is 11.3 Å². The molecule has 2 aromatic carbocycles. The number of sulfonamides is 1.